The lowest BCUT2D eigenvalue weighted by atomic mass is 10.3. The molecule has 0 aliphatic carbocycles. The predicted octanol–water partition coefficient (Wildman–Crippen LogP) is 3.14. The van der Waals surface area contributed by atoms with Crippen molar-refractivity contribution >= 4 is 11.0 Å². The lowest BCUT2D eigenvalue weighted by Crippen LogP contribution is -2.00. The number of fused-ring (bicyclic) bond motifs is 1. The van der Waals surface area contributed by atoms with Crippen molar-refractivity contribution in [1.82, 2.24) is 9.55 Å². The monoisotopic (exact) mass is 220 g/mol. The zero-order valence-corrected chi connectivity index (χ0v) is 10.5. The summed E-state index contributed by atoms with van der Waals surface area (Å²) in [6, 6.07) is 8.11. The van der Waals surface area contributed by atoms with Crippen molar-refractivity contribution in [3.8, 4) is 0 Å². The summed E-state index contributed by atoms with van der Waals surface area (Å²) in [6.07, 6.45) is 0. The van der Waals surface area contributed by atoms with Gasteiger partial charge in [0.25, 0.3) is 0 Å². The highest BCUT2D eigenvalue weighted by Gasteiger charge is 2.05. The Morgan fingerprint density at radius 2 is 1.94 bits per heavy atom. The molecular weight excluding hydrogens is 200 g/mol. The van der Waals surface area contributed by atoms with E-state index in [4.69, 9.17) is 4.74 Å². The second-order valence-corrected chi connectivity index (χ2v) is 3.21. The molecule has 0 unspecified atom stereocenters. The van der Waals surface area contributed by atoms with E-state index in [0.29, 0.717) is 6.61 Å². The predicted molar refractivity (Wildman–Crippen MR) is 67.4 cm³/mol. The summed E-state index contributed by atoms with van der Waals surface area (Å²) in [5.74, 6) is 0.980. The van der Waals surface area contributed by atoms with Gasteiger partial charge in [-0.2, -0.15) is 0 Å². The van der Waals surface area contributed by atoms with E-state index in [2.05, 4.69) is 15.6 Å². The van der Waals surface area contributed by atoms with Crippen LogP contribution in [-0.2, 0) is 18.4 Å². The van der Waals surface area contributed by atoms with Gasteiger partial charge >= 0.3 is 0 Å². The van der Waals surface area contributed by atoms with Crippen LogP contribution in [-0.4, -0.2) is 16.2 Å². The Morgan fingerprint density at radius 3 is 2.56 bits per heavy atom. The highest BCUT2D eigenvalue weighted by Crippen LogP contribution is 2.14. The van der Waals surface area contributed by atoms with Crippen molar-refractivity contribution in [2.75, 3.05) is 6.61 Å². The van der Waals surface area contributed by atoms with Gasteiger partial charge in [0.1, 0.15) is 12.4 Å². The molecule has 2 rings (SSSR count). The first-order valence-corrected chi connectivity index (χ1v) is 5.81. The second-order valence-electron chi connectivity index (χ2n) is 3.21. The van der Waals surface area contributed by atoms with Crippen molar-refractivity contribution in [2.45, 2.75) is 27.4 Å². The molecule has 0 N–H and O–H groups in total. The maximum Gasteiger partial charge on any atom is 0.135 e. The summed E-state index contributed by atoms with van der Waals surface area (Å²) in [5.41, 5.74) is 2.19. The fraction of sp³-hybridized carbons (Fsp3) is 0.462. The Bertz CT molecular complexity index is 434. The smallest absolute Gasteiger partial charge is 0.135 e. The first-order chi connectivity index (χ1) is 7.83. The number of hydrogen-bond donors (Lipinski definition) is 0. The highest BCUT2D eigenvalue weighted by atomic mass is 16.5. The number of aromatic nitrogens is 2. The minimum atomic E-state index is 0.585. The molecule has 88 valence electrons. The molecule has 0 aliphatic rings. The van der Waals surface area contributed by atoms with Crippen LogP contribution < -0.4 is 0 Å². The van der Waals surface area contributed by atoms with Crippen LogP contribution >= 0.6 is 0 Å². The van der Waals surface area contributed by atoms with Gasteiger partial charge in [0.15, 0.2) is 0 Å². The first kappa shape index (κ1) is 12.7. The summed E-state index contributed by atoms with van der Waals surface area (Å²) >= 11 is 0. The number of rotatable bonds is 3. The zero-order chi connectivity index (χ0) is 12.0. The summed E-state index contributed by atoms with van der Waals surface area (Å²) in [5, 5.41) is 0. The normalized spacial score (nSPS) is 10.0. The maximum atomic E-state index is 5.35. The molecule has 0 saturated carbocycles. The lowest BCUT2D eigenvalue weighted by molar-refractivity contribution is 0.126. The van der Waals surface area contributed by atoms with Gasteiger partial charge in [0.2, 0.25) is 0 Å². The molecule has 0 aliphatic heterocycles. The van der Waals surface area contributed by atoms with E-state index in [1.54, 1.807) is 0 Å². The molecule has 3 heteroatoms. The van der Waals surface area contributed by atoms with Crippen molar-refractivity contribution < 1.29 is 4.74 Å². The van der Waals surface area contributed by atoms with Crippen LogP contribution in [0.3, 0.4) is 0 Å². The average molecular weight is 220 g/mol. The Morgan fingerprint density at radius 1 is 1.25 bits per heavy atom. The van der Waals surface area contributed by atoms with Crippen molar-refractivity contribution in [3.63, 3.8) is 0 Å². The molecule has 3 nitrogen and oxygen atoms in total. The number of para-hydroxylation sites is 2. The van der Waals surface area contributed by atoms with Gasteiger partial charge in [-0.05, 0) is 19.1 Å². The van der Waals surface area contributed by atoms with E-state index < -0.39 is 0 Å². The molecule has 2 aromatic rings. The van der Waals surface area contributed by atoms with Gasteiger partial charge in [-0.25, -0.2) is 4.98 Å². The number of hydrogen-bond acceptors (Lipinski definition) is 2. The fourth-order valence-corrected chi connectivity index (χ4v) is 1.52. The molecule has 1 aromatic heterocycles. The Kier molecular flexibility index (Phi) is 4.99. The third kappa shape index (κ3) is 2.61. The quantitative estimate of drug-likeness (QED) is 0.794. The van der Waals surface area contributed by atoms with Gasteiger partial charge < -0.3 is 9.30 Å². The molecule has 0 saturated heterocycles. The molecule has 0 radical (unpaired) electrons. The minimum absolute atomic E-state index is 0.585. The second kappa shape index (κ2) is 6.28. The Hall–Kier alpha value is -1.35. The number of nitrogens with zero attached hydrogens (tertiary/aromatic N) is 2. The number of benzene rings is 1. The van der Waals surface area contributed by atoms with Crippen LogP contribution in [0.4, 0.5) is 0 Å². The Labute approximate surface area is 97.1 Å². The molecule has 0 fully saturated rings. The standard InChI is InChI=1S/C11H14N2O.C2H6/c1-3-14-8-11-12-9-6-4-5-7-10(9)13(11)2;1-2/h4-7H,3,8H2,1-2H3;1-2H3. The Balaban J connectivity index is 0.000000606. The first-order valence-electron chi connectivity index (χ1n) is 5.81. The van der Waals surface area contributed by atoms with Gasteiger partial charge in [-0.3, -0.25) is 0 Å². The molecule has 1 heterocycles. The number of aryl methyl sites for hydroxylation is 1. The summed E-state index contributed by atoms with van der Waals surface area (Å²) in [7, 11) is 2.02. The molecule has 16 heavy (non-hydrogen) atoms. The van der Waals surface area contributed by atoms with Gasteiger partial charge in [0.05, 0.1) is 11.0 Å². The van der Waals surface area contributed by atoms with E-state index in [0.717, 1.165) is 23.5 Å². The van der Waals surface area contributed by atoms with Gasteiger partial charge in [0, 0.05) is 13.7 Å². The zero-order valence-electron chi connectivity index (χ0n) is 10.5. The third-order valence-electron chi connectivity index (χ3n) is 2.32. The van der Waals surface area contributed by atoms with Crippen LogP contribution in [0.25, 0.3) is 11.0 Å². The van der Waals surface area contributed by atoms with E-state index in [-0.39, 0.29) is 0 Å². The summed E-state index contributed by atoms with van der Waals surface area (Å²) < 4.78 is 7.42. The van der Waals surface area contributed by atoms with E-state index in [9.17, 15) is 0 Å². The number of imidazole rings is 1. The van der Waals surface area contributed by atoms with E-state index in [1.807, 2.05) is 46.0 Å². The summed E-state index contributed by atoms with van der Waals surface area (Å²) in [6.45, 7) is 7.30. The molecule has 1 aromatic carbocycles. The molecule has 0 bridgehead atoms. The van der Waals surface area contributed by atoms with Gasteiger partial charge in [-0.1, -0.05) is 26.0 Å². The fourth-order valence-electron chi connectivity index (χ4n) is 1.52. The maximum absolute atomic E-state index is 5.35. The van der Waals surface area contributed by atoms with Crippen molar-refractivity contribution in [2.24, 2.45) is 7.05 Å². The average Bonchev–Trinajstić information content (AvgIpc) is 2.67. The largest absolute Gasteiger partial charge is 0.374 e. The topological polar surface area (TPSA) is 27.1 Å². The van der Waals surface area contributed by atoms with Crippen LogP contribution in [0.5, 0.6) is 0 Å². The van der Waals surface area contributed by atoms with Crippen molar-refractivity contribution in [1.29, 1.82) is 0 Å². The van der Waals surface area contributed by atoms with Crippen molar-refractivity contribution in [3.05, 3.63) is 30.1 Å². The van der Waals surface area contributed by atoms with Crippen LogP contribution in [0.1, 0.15) is 26.6 Å². The lowest BCUT2D eigenvalue weighted by Gasteiger charge is -2.01. The van der Waals surface area contributed by atoms with E-state index >= 15 is 0 Å². The SMILES string of the molecule is CC.CCOCc1nc2ccccc2n1C. The molecule has 0 amide bonds. The summed E-state index contributed by atoms with van der Waals surface area (Å²) in [4.78, 5) is 4.49. The molecular formula is C13H20N2O. The van der Waals surface area contributed by atoms with E-state index in [1.165, 1.54) is 0 Å². The van der Waals surface area contributed by atoms with Crippen LogP contribution in [0, 0.1) is 0 Å². The third-order valence-corrected chi connectivity index (χ3v) is 2.32. The minimum Gasteiger partial charge on any atom is -0.374 e. The van der Waals surface area contributed by atoms with Crippen LogP contribution in [0.15, 0.2) is 24.3 Å². The molecule has 0 atom stereocenters. The van der Waals surface area contributed by atoms with Gasteiger partial charge in [-0.15, -0.1) is 0 Å². The number of ether oxygens (including phenoxy) is 1. The van der Waals surface area contributed by atoms with Crippen LogP contribution in [0.2, 0.25) is 0 Å². The highest BCUT2D eigenvalue weighted by molar-refractivity contribution is 5.75. The molecule has 0 spiro atoms.